The molecule has 0 fully saturated rings. The molecule has 1 aromatic rings. The summed E-state index contributed by atoms with van der Waals surface area (Å²) in [5, 5.41) is 19.5. The molecule has 2 heterocycles. The highest BCUT2D eigenvalue weighted by molar-refractivity contribution is 7.50. The third kappa shape index (κ3) is 6.48. The smallest absolute Gasteiger partial charge is 0.403 e. The van der Waals surface area contributed by atoms with E-state index >= 15 is 0 Å². The molecule has 1 aromatic heterocycles. The van der Waals surface area contributed by atoms with Gasteiger partial charge in [-0.15, -0.1) is 0 Å². The summed E-state index contributed by atoms with van der Waals surface area (Å²) < 4.78 is 23.5. The summed E-state index contributed by atoms with van der Waals surface area (Å²) in [5.41, 5.74) is -0.947. The Labute approximate surface area is 163 Å². The van der Waals surface area contributed by atoms with Gasteiger partial charge in [0.1, 0.15) is 12.1 Å². The Morgan fingerprint density at radius 3 is 2.69 bits per heavy atom. The van der Waals surface area contributed by atoms with Crippen molar-refractivity contribution in [2.24, 2.45) is 0 Å². The monoisotopic (exact) mass is 433 g/mol. The minimum absolute atomic E-state index is 0.284. The van der Waals surface area contributed by atoms with Crippen LogP contribution in [-0.2, 0) is 23.4 Å². The molecule has 13 nitrogen and oxygen atoms in total. The zero-order valence-corrected chi connectivity index (χ0v) is 16.1. The second kappa shape index (κ2) is 9.29. The van der Waals surface area contributed by atoms with Crippen molar-refractivity contribution < 1.29 is 38.5 Å². The van der Waals surface area contributed by atoms with E-state index in [1.165, 1.54) is 25.3 Å². The van der Waals surface area contributed by atoms with Crippen molar-refractivity contribution >= 4 is 19.7 Å². The number of carbonyl (C=O) groups is 2. The Hall–Kier alpha value is -2.57. The van der Waals surface area contributed by atoms with E-state index in [1.54, 1.807) is 0 Å². The number of rotatable bonds is 10. The van der Waals surface area contributed by atoms with Gasteiger partial charge in [-0.2, -0.15) is 0 Å². The van der Waals surface area contributed by atoms with Crippen molar-refractivity contribution in [1.82, 2.24) is 14.6 Å². The molecule has 0 bridgehead atoms. The number of aliphatic carboxylic acids is 2. The molecule has 1 aliphatic rings. The normalized spacial score (nSPS) is 21.6. The zero-order valence-electron chi connectivity index (χ0n) is 15.2. The van der Waals surface area contributed by atoms with E-state index in [0.717, 1.165) is 4.57 Å². The molecule has 14 heteroatoms. The van der Waals surface area contributed by atoms with Crippen LogP contribution in [0.1, 0.15) is 24.6 Å². The van der Waals surface area contributed by atoms with Gasteiger partial charge in [0.05, 0.1) is 6.61 Å². The molecule has 0 saturated carbocycles. The maximum atomic E-state index is 12.1. The summed E-state index contributed by atoms with van der Waals surface area (Å²) in [6.07, 6.45) is 1.61. The van der Waals surface area contributed by atoms with Crippen molar-refractivity contribution in [2.45, 2.75) is 38.1 Å². The Balaban J connectivity index is 1.94. The van der Waals surface area contributed by atoms with Gasteiger partial charge in [-0.05, 0) is 19.4 Å². The molecule has 0 amide bonds. The fraction of sp³-hybridized carbons (Fsp3) is 0.467. The fourth-order valence-corrected chi connectivity index (χ4v) is 3.49. The SMILES string of the molecule is Cc1cn([C@H]2C=C[C@@H](COP(=O)(O)N[C@@H](CCC(=O)O)C(=O)O)O2)c(=O)[nH]c1=O. The number of aryl methyl sites for hydroxylation is 1. The molecule has 0 aliphatic carbocycles. The number of H-pyrrole nitrogens is 1. The van der Waals surface area contributed by atoms with Crippen molar-refractivity contribution in [3.8, 4) is 0 Å². The van der Waals surface area contributed by atoms with Crippen LogP contribution in [-0.4, -0.2) is 55.3 Å². The third-order valence-corrected chi connectivity index (χ3v) is 5.04. The minimum Gasteiger partial charge on any atom is -0.481 e. The summed E-state index contributed by atoms with van der Waals surface area (Å²) in [7, 11) is -4.58. The number of carboxylic acids is 2. The molecule has 0 saturated heterocycles. The lowest BCUT2D eigenvalue weighted by atomic mass is 10.2. The molecule has 29 heavy (non-hydrogen) atoms. The lowest BCUT2D eigenvalue weighted by Crippen LogP contribution is -2.36. The van der Waals surface area contributed by atoms with E-state index in [4.69, 9.17) is 19.5 Å². The molecule has 2 rings (SSSR count). The number of nitrogens with one attached hydrogen (secondary N) is 2. The molecule has 1 aliphatic heterocycles. The van der Waals surface area contributed by atoms with E-state index in [0.29, 0.717) is 0 Å². The predicted octanol–water partition coefficient (Wildman–Crippen LogP) is -0.677. The van der Waals surface area contributed by atoms with Crippen LogP contribution in [0.15, 0.2) is 27.9 Å². The Bertz CT molecular complexity index is 968. The van der Waals surface area contributed by atoms with Gasteiger partial charge >= 0.3 is 25.4 Å². The van der Waals surface area contributed by atoms with Gasteiger partial charge in [0, 0.05) is 18.2 Å². The highest BCUT2D eigenvalue weighted by atomic mass is 31.2. The molecular formula is C15H20N3O10P. The summed E-state index contributed by atoms with van der Waals surface area (Å²) in [6.45, 7) is 1.06. The Morgan fingerprint density at radius 1 is 1.38 bits per heavy atom. The summed E-state index contributed by atoms with van der Waals surface area (Å²) in [5.74, 6) is -2.76. The van der Waals surface area contributed by atoms with Crippen molar-refractivity contribution in [3.63, 3.8) is 0 Å². The van der Waals surface area contributed by atoms with Gasteiger partial charge in [0.2, 0.25) is 0 Å². The molecular weight excluding hydrogens is 413 g/mol. The standard InChI is InChI=1S/C15H20N3O10P/c1-8-6-18(15(24)16-13(8)21)11-4-2-9(28-11)7-27-29(25,26)17-10(14(22)23)3-5-12(19)20/h2,4,6,9-11H,3,5,7H2,1H3,(H,19,20)(H,22,23)(H,16,21,24)(H2,17,25,26)/t9-,10-,11+/m0/s1. The lowest BCUT2D eigenvalue weighted by Gasteiger charge is -2.20. The van der Waals surface area contributed by atoms with E-state index in [1.807, 2.05) is 5.09 Å². The van der Waals surface area contributed by atoms with Crippen LogP contribution in [0.2, 0.25) is 0 Å². The van der Waals surface area contributed by atoms with Crippen molar-refractivity contribution in [3.05, 3.63) is 44.8 Å². The summed E-state index contributed by atoms with van der Waals surface area (Å²) in [6, 6.07) is -1.60. The molecule has 0 radical (unpaired) electrons. The quantitative estimate of drug-likeness (QED) is 0.231. The highest BCUT2D eigenvalue weighted by Crippen LogP contribution is 2.39. The number of nitrogens with zero attached hydrogens (tertiary/aromatic N) is 1. The average molecular weight is 433 g/mol. The predicted molar refractivity (Wildman–Crippen MR) is 96.3 cm³/mol. The molecule has 160 valence electrons. The first-order valence-electron chi connectivity index (χ1n) is 8.34. The van der Waals surface area contributed by atoms with Gasteiger partial charge in [0.15, 0.2) is 6.23 Å². The van der Waals surface area contributed by atoms with Crippen molar-refractivity contribution in [2.75, 3.05) is 6.61 Å². The molecule has 1 unspecified atom stereocenters. The number of aromatic nitrogens is 2. The van der Waals surface area contributed by atoms with Crippen LogP contribution in [0, 0.1) is 6.92 Å². The van der Waals surface area contributed by atoms with Crippen molar-refractivity contribution in [1.29, 1.82) is 0 Å². The average Bonchev–Trinajstić information content (AvgIpc) is 3.08. The first-order valence-corrected chi connectivity index (χ1v) is 9.92. The third-order valence-electron chi connectivity index (χ3n) is 3.90. The van der Waals surface area contributed by atoms with E-state index < -0.39 is 68.8 Å². The maximum absolute atomic E-state index is 12.1. The summed E-state index contributed by atoms with van der Waals surface area (Å²) in [4.78, 5) is 56.8. The van der Waals surface area contributed by atoms with Crippen LogP contribution in [0.5, 0.6) is 0 Å². The number of ether oxygens (including phenoxy) is 1. The van der Waals surface area contributed by atoms with Gasteiger partial charge in [-0.3, -0.25) is 28.5 Å². The zero-order chi connectivity index (χ0) is 21.8. The first kappa shape index (κ1) is 22.7. The number of aromatic amines is 1. The lowest BCUT2D eigenvalue weighted by molar-refractivity contribution is -0.140. The second-order valence-electron chi connectivity index (χ2n) is 6.20. The maximum Gasteiger partial charge on any atom is 0.403 e. The van der Waals surface area contributed by atoms with Crippen LogP contribution >= 0.6 is 7.75 Å². The van der Waals surface area contributed by atoms with E-state index in [-0.39, 0.29) is 5.56 Å². The Kier molecular flexibility index (Phi) is 7.27. The van der Waals surface area contributed by atoms with E-state index in [9.17, 15) is 28.6 Å². The van der Waals surface area contributed by atoms with Gasteiger partial charge < -0.3 is 19.8 Å². The van der Waals surface area contributed by atoms with Gasteiger partial charge in [0.25, 0.3) is 5.56 Å². The van der Waals surface area contributed by atoms with Crippen LogP contribution in [0.25, 0.3) is 0 Å². The number of carboxylic acid groups (broad SMARTS) is 2. The largest absolute Gasteiger partial charge is 0.481 e. The molecule has 4 atom stereocenters. The summed E-state index contributed by atoms with van der Waals surface area (Å²) >= 11 is 0. The van der Waals surface area contributed by atoms with Crippen LogP contribution < -0.4 is 16.3 Å². The van der Waals surface area contributed by atoms with Crippen LogP contribution in [0.3, 0.4) is 0 Å². The fourth-order valence-electron chi connectivity index (χ4n) is 2.44. The molecule has 0 aromatic carbocycles. The van der Waals surface area contributed by atoms with Crippen LogP contribution in [0.4, 0.5) is 0 Å². The number of hydrogen-bond acceptors (Lipinski definition) is 7. The highest BCUT2D eigenvalue weighted by Gasteiger charge is 2.31. The first-order chi connectivity index (χ1) is 13.5. The number of hydrogen-bond donors (Lipinski definition) is 5. The second-order valence-corrected chi connectivity index (χ2v) is 7.75. The van der Waals surface area contributed by atoms with E-state index in [2.05, 4.69) is 4.98 Å². The molecule has 5 N–H and O–H groups in total. The Morgan fingerprint density at radius 2 is 2.07 bits per heavy atom. The molecule has 0 spiro atoms. The van der Waals surface area contributed by atoms with Gasteiger partial charge in [-0.25, -0.2) is 14.4 Å². The minimum atomic E-state index is -4.58. The topological polar surface area (TPSA) is 197 Å². The van der Waals surface area contributed by atoms with Gasteiger partial charge in [-0.1, -0.05) is 6.08 Å².